The molecule has 0 amide bonds. The number of hydrogen-bond donors (Lipinski definition) is 2. The number of rotatable bonds is 11. The highest BCUT2D eigenvalue weighted by atomic mass is 31.3. The van der Waals surface area contributed by atoms with Gasteiger partial charge in [0.25, 0.3) is 0 Å². The van der Waals surface area contributed by atoms with Gasteiger partial charge in [-0.15, -0.1) is 0 Å². The molecule has 0 saturated carbocycles. The van der Waals surface area contributed by atoms with Crippen LogP contribution in [0, 0.1) is 0 Å². The number of nitrogens with zero attached hydrogens (tertiary/aromatic N) is 1. The van der Waals surface area contributed by atoms with E-state index in [9.17, 15) is 9.79 Å². The highest BCUT2D eigenvalue weighted by molar-refractivity contribution is 7.73. The van der Waals surface area contributed by atoms with Gasteiger partial charge in [0.2, 0.25) is 0 Å². The average molecular weight is 333 g/mol. The molecule has 0 fully saturated rings. The lowest BCUT2D eigenvalue weighted by molar-refractivity contribution is 0.0960. The Morgan fingerprint density at radius 2 is 1.15 bits per heavy atom. The molecule has 0 atom stereocenters. The summed E-state index contributed by atoms with van der Waals surface area (Å²) in [6.07, 6.45) is 0. The molecule has 9 heteroatoms. The van der Waals surface area contributed by atoms with E-state index < -0.39 is 16.2 Å². The van der Waals surface area contributed by atoms with Crippen molar-refractivity contribution in [2.75, 3.05) is 26.4 Å². The minimum atomic E-state index is -3.81. The van der Waals surface area contributed by atoms with Crippen LogP contribution in [0.1, 0.15) is 41.5 Å². The molecule has 20 heavy (non-hydrogen) atoms. The Balaban J connectivity index is 5.60. The monoisotopic (exact) mass is 333 g/mol. The highest BCUT2D eigenvalue weighted by Crippen LogP contribution is 2.78. The summed E-state index contributed by atoms with van der Waals surface area (Å²) < 4.78 is 23.5. The van der Waals surface area contributed by atoms with Gasteiger partial charge in [0.1, 0.15) is 4.44 Å². The minimum Gasteiger partial charge on any atom is -0.175 e. The molecule has 0 rings (SSSR count). The van der Waals surface area contributed by atoms with Crippen molar-refractivity contribution in [1.82, 2.24) is 4.44 Å². The summed E-state index contributed by atoms with van der Waals surface area (Å²) in [5.74, 6) is 0. The van der Waals surface area contributed by atoms with Gasteiger partial charge in [-0.1, -0.05) is 0 Å². The van der Waals surface area contributed by atoms with Gasteiger partial charge in [-0.25, -0.2) is 0 Å². The Morgan fingerprint density at radius 1 is 0.800 bits per heavy atom. The van der Waals surface area contributed by atoms with Crippen LogP contribution in [-0.4, -0.2) is 46.7 Å². The summed E-state index contributed by atoms with van der Waals surface area (Å²) >= 11 is 0. The van der Waals surface area contributed by atoms with Gasteiger partial charge in [0, 0.05) is 0 Å². The van der Waals surface area contributed by atoms with Crippen molar-refractivity contribution in [1.29, 1.82) is 0 Å². The third-order valence-corrected chi connectivity index (χ3v) is 7.83. The normalized spacial score (nSPS) is 13.5. The molecule has 0 unspecified atom stereocenters. The zero-order valence-corrected chi connectivity index (χ0v) is 15.1. The van der Waals surface area contributed by atoms with Crippen LogP contribution in [-0.2, 0) is 18.1 Å². The lowest BCUT2D eigenvalue weighted by Gasteiger charge is -2.30. The van der Waals surface area contributed by atoms with Crippen LogP contribution in [0.25, 0.3) is 0 Å². The average Bonchev–Trinajstić information content (AvgIpc) is 2.28. The van der Waals surface area contributed by atoms with Gasteiger partial charge in [-0.05, 0) is 41.5 Å². The molecule has 0 aromatic heterocycles. The maximum absolute atomic E-state index is 10.3. The minimum absolute atomic E-state index is 0.175. The standard InChI is InChI=1S/C11H29NO6P2/c1-7-15-19(13,14)12(11(5)6)20(16-8-2,17-9-3)18-10-4/h11,13-14H,7-10H2,1-6H3/q+2. The first-order valence-electron chi connectivity index (χ1n) is 6.93. The zero-order valence-electron chi connectivity index (χ0n) is 13.3. The third-order valence-electron chi connectivity index (χ3n) is 2.16. The molecule has 0 aromatic rings. The molecule has 7 nitrogen and oxygen atoms in total. The Morgan fingerprint density at radius 3 is 1.40 bits per heavy atom. The molecule has 0 spiro atoms. The van der Waals surface area contributed by atoms with Crippen molar-refractivity contribution in [2.24, 2.45) is 0 Å². The van der Waals surface area contributed by atoms with E-state index in [0.29, 0.717) is 19.8 Å². The topological polar surface area (TPSA) is 80.6 Å². The lowest BCUT2D eigenvalue weighted by Crippen LogP contribution is -2.35. The molecule has 0 heterocycles. The highest BCUT2D eigenvalue weighted by Gasteiger charge is 2.71. The third kappa shape index (κ3) is 5.41. The van der Waals surface area contributed by atoms with Crippen molar-refractivity contribution in [3.05, 3.63) is 0 Å². The van der Waals surface area contributed by atoms with Crippen molar-refractivity contribution in [3.63, 3.8) is 0 Å². The molecular weight excluding hydrogens is 304 g/mol. The van der Waals surface area contributed by atoms with Crippen molar-refractivity contribution < 1.29 is 27.9 Å². The van der Waals surface area contributed by atoms with E-state index in [1.54, 1.807) is 27.7 Å². The summed E-state index contributed by atoms with van der Waals surface area (Å²) in [7, 11) is -6.87. The predicted octanol–water partition coefficient (Wildman–Crippen LogP) is 3.18. The smallest absolute Gasteiger partial charge is 0.175 e. The van der Waals surface area contributed by atoms with E-state index in [0.717, 1.165) is 0 Å². The van der Waals surface area contributed by atoms with E-state index >= 15 is 0 Å². The fourth-order valence-electron chi connectivity index (χ4n) is 1.74. The van der Waals surface area contributed by atoms with Gasteiger partial charge >= 0.3 is 16.2 Å². The Hall–Kier alpha value is 0.580. The van der Waals surface area contributed by atoms with Crippen LogP contribution >= 0.6 is 16.2 Å². The summed E-state index contributed by atoms with van der Waals surface area (Å²) in [4.78, 5) is 20.6. The summed E-state index contributed by atoms with van der Waals surface area (Å²) in [6, 6.07) is -0.275. The quantitative estimate of drug-likeness (QED) is 0.562. The van der Waals surface area contributed by atoms with E-state index in [4.69, 9.17) is 18.1 Å². The largest absolute Gasteiger partial charge is 0.545 e. The number of hydrogen-bond acceptors (Lipinski definition) is 7. The van der Waals surface area contributed by atoms with Gasteiger partial charge in [0.15, 0.2) is 0 Å². The molecule has 0 aliphatic heterocycles. The second-order valence-electron chi connectivity index (χ2n) is 4.07. The SMILES string of the molecule is CCO[P+](O)(O)N(C(C)C)[P+](OCC)(OCC)OCC. The van der Waals surface area contributed by atoms with Crippen molar-refractivity contribution in [3.8, 4) is 0 Å². The summed E-state index contributed by atoms with van der Waals surface area (Å²) in [5.41, 5.74) is 0. The fraction of sp³-hybridized carbons (Fsp3) is 1.00. The molecule has 0 saturated heterocycles. The van der Waals surface area contributed by atoms with Crippen LogP contribution < -0.4 is 0 Å². The van der Waals surface area contributed by atoms with Crippen LogP contribution in [0.2, 0.25) is 0 Å². The van der Waals surface area contributed by atoms with Gasteiger partial charge in [0.05, 0.1) is 32.5 Å². The fourth-order valence-corrected chi connectivity index (χ4v) is 6.69. The van der Waals surface area contributed by atoms with E-state index in [2.05, 4.69) is 0 Å². The molecule has 0 bridgehead atoms. The molecular formula is C11H29NO6P2+2. The van der Waals surface area contributed by atoms with Crippen LogP contribution in [0.5, 0.6) is 0 Å². The van der Waals surface area contributed by atoms with Gasteiger partial charge < -0.3 is 0 Å². The maximum Gasteiger partial charge on any atom is 0.545 e. The first kappa shape index (κ1) is 20.6. The summed E-state index contributed by atoms with van der Waals surface area (Å²) in [5, 5.41) is 0. The van der Waals surface area contributed by atoms with E-state index in [-0.39, 0.29) is 12.6 Å². The zero-order chi connectivity index (χ0) is 15.8. The summed E-state index contributed by atoms with van der Waals surface area (Å²) in [6.45, 7) is 11.9. The van der Waals surface area contributed by atoms with Crippen molar-refractivity contribution >= 4 is 16.2 Å². The molecule has 0 aliphatic rings. The first-order chi connectivity index (χ1) is 9.31. The second-order valence-corrected chi connectivity index (χ2v) is 8.24. The van der Waals surface area contributed by atoms with Gasteiger partial charge in [-0.3, -0.25) is 0 Å². The molecule has 2 N–H and O–H groups in total. The van der Waals surface area contributed by atoms with Crippen LogP contribution in [0.4, 0.5) is 0 Å². The van der Waals surface area contributed by atoms with Crippen LogP contribution in [0.3, 0.4) is 0 Å². The second kappa shape index (κ2) is 9.57. The maximum atomic E-state index is 10.3. The predicted molar refractivity (Wildman–Crippen MR) is 81.8 cm³/mol. The Bertz CT molecular complexity index is 250. The molecule has 0 aromatic carbocycles. The molecule has 0 aliphatic carbocycles. The Kier molecular flexibility index (Phi) is 9.84. The van der Waals surface area contributed by atoms with Gasteiger partial charge in [-0.2, -0.15) is 27.9 Å². The first-order valence-corrected chi connectivity index (χ1v) is 9.99. The lowest BCUT2D eigenvalue weighted by atomic mass is 10.4. The van der Waals surface area contributed by atoms with E-state index in [1.165, 1.54) is 4.44 Å². The Labute approximate surface area is 123 Å². The molecule has 122 valence electrons. The van der Waals surface area contributed by atoms with E-state index in [1.807, 2.05) is 13.8 Å². The molecule has 0 radical (unpaired) electrons. The van der Waals surface area contributed by atoms with Crippen LogP contribution in [0.15, 0.2) is 0 Å². The van der Waals surface area contributed by atoms with Crippen molar-refractivity contribution in [2.45, 2.75) is 47.6 Å².